The van der Waals surface area contributed by atoms with E-state index >= 15 is 0 Å². The van der Waals surface area contributed by atoms with E-state index in [1.54, 1.807) is 12.4 Å². The first-order valence-corrected chi connectivity index (χ1v) is 4.23. The number of hydrogen-bond donors (Lipinski definition) is 2. The first-order valence-electron chi connectivity index (χ1n) is 4.23. The van der Waals surface area contributed by atoms with Gasteiger partial charge >= 0.3 is 0 Å². The predicted molar refractivity (Wildman–Crippen MR) is 49.8 cm³/mol. The summed E-state index contributed by atoms with van der Waals surface area (Å²) in [6.07, 6.45) is 4.68. The van der Waals surface area contributed by atoms with Gasteiger partial charge in [-0.2, -0.15) is 0 Å². The van der Waals surface area contributed by atoms with Gasteiger partial charge in [0.2, 0.25) is 0 Å². The third-order valence-electron chi connectivity index (χ3n) is 2.30. The number of nitrogens with one attached hydrogen (secondary N) is 1. The SMILES string of the molecule is CC1CC1Nc1ccncc1N. The Bertz CT molecular complexity index is 285. The second-order valence-corrected chi connectivity index (χ2v) is 3.43. The van der Waals surface area contributed by atoms with Crippen LogP contribution in [0.2, 0.25) is 0 Å². The highest BCUT2D eigenvalue weighted by Gasteiger charge is 2.32. The molecule has 1 heterocycles. The van der Waals surface area contributed by atoms with Crippen LogP contribution in [0.1, 0.15) is 13.3 Å². The number of aromatic nitrogens is 1. The van der Waals surface area contributed by atoms with Gasteiger partial charge in [0, 0.05) is 12.2 Å². The smallest absolute Gasteiger partial charge is 0.0736 e. The van der Waals surface area contributed by atoms with Crippen molar-refractivity contribution < 1.29 is 0 Å². The maximum atomic E-state index is 5.72. The lowest BCUT2D eigenvalue weighted by Crippen LogP contribution is -2.05. The Morgan fingerprint density at radius 1 is 1.67 bits per heavy atom. The second-order valence-electron chi connectivity index (χ2n) is 3.43. The molecule has 1 saturated carbocycles. The van der Waals surface area contributed by atoms with Crippen LogP contribution >= 0.6 is 0 Å². The lowest BCUT2D eigenvalue weighted by atomic mass is 10.3. The number of nitrogens with two attached hydrogens (primary N) is 1. The quantitative estimate of drug-likeness (QED) is 0.694. The molecule has 0 amide bonds. The summed E-state index contributed by atoms with van der Waals surface area (Å²) in [5, 5.41) is 3.37. The molecule has 0 spiro atoms. The Morgan fingerprint density at radius 3 is 3.00 bits per heavy atom. The van der Waals surface area contributed by atoms with Crippen LogP contribution in [0.3, 0.4) is 0 Å². The van der Waals surface area contributed by atoms with Gasteiger partial charge in [0.25, 0.3) is 0 Å². The Morgan fingerprint density at radius 2 is 2.42 bits per heavy atom. The summed E-state index contributed by atoms with van der Waals surface area (Å²) >= 11 is 0. The highest BCUT2D eigenvalue weighted by Crippen LogP contribution is 2.33. The van der Waals surface area contributed by atoms with E-state index in [4.69, 9.17) is 5.73 Å². The van der Waals surface area contributed by atoms with E-state index in [0.717, 1.165) is 17.3 Å². The van der Waals surface area contributed by atoms with Gasteiger partial charge in [0.05, 0.1) is 17.6 Å². The molecule has 3 heteroatoms. The molecule has 1 aliphatic carbocycles. The van der Waals surface area contributed by atoms with Gasteiger partial charge in [-0.05, 0) is 18.4 Å². The summed E-state index contributed by atoms with van der Waals surface area (Å²) in [5.41, 5.74) is 7.46. The summed E-state index contributed by atoms with van der Waals surface area (Å²) in [5.74, 6) is 0.789. The monoisotopic (exact) mass is 163 g/mol. The third kappa shape index (κ3) is 1.35. The minimum absolute atomic E-state index is 0.620. The molecule has 0 aliphatic heterocycles. The van der Waals surface area contributed by atoms with E-state index in [0.29, 0.717) is 6.04 Å². The Balaban J connectivity index is 2.08. The normalized spacial score (nSPS) is 26.8. The topological polar surface area (TPSA) is 50.9 Å². The van der Waals surface area contributed by atoms with Crippen LogP contribution in [-0.2, 0) is 0 Å². The molecule has 1 aromatic heterocycles. The summed E-state index contributed by atoms with van der Waals surface area (Å²) < 4.78 is 0. The van der Waals surface area contributed by atoms with Gasteiger partial charge in [-0.3, -0.25) is 4.98 Å². The lowest BCUT2D eigenvalue weighted by molar-refractivity contribution is 0.929. The summed E-state index contributed by atoms with van der Waals surface area (Å²) in [6.45, 7) is 2.23. The Hall–Kier alpha value is -1.25. The van der Waals surface area contributed by atoms with Crippen molar-refractivity contribution in [3.05, 3.63) is 18.5 Å². The van der Waals surface area contributed by atoms with Crippen LogP contribution in [-0.4, -0.2) is 11.0 Å². The number of hydrogen-bond acceptors (Lipinski definition) is 3. The summed E-state index contributed by atoms with van der Waals surface area (Å²) in [6, 6.07) is 2.54. The summed E-state index contributed by atoms with van der Waals surface area (Å²) in [4.78, 5) is 3.93. The van der Waals surface area contributed by atoms with Gasteiger partial charge in [0.1, 0.15) is 0 Å². The standard InChI is InChI=1S/C9H13N3/c1-6-4-9(6)12-8-2-3-11-5-7(8)10/h2-3,5-6,9H,4,10H2,1H3,(H,11,12). The molecule has 3 nitrogen and oxygen atoms in total. The van der Waals surface area contributed by atoms with Crippen molar-refractivity contribution in [1.29, 1.82) is 0 Å². The first-order chi connectivity index (χ1) is 5.77. The lowest BCUT2D eigenvalue weighted by Gasteiger charge is -2.06. The van der Waals surface area contributed by atoms with Gasteiger partial charge in [-0.1, -0.05) is 6.92 Å². The van der Waals surface area contributed by atoms with E-state index in [1.807, 2.05) is 6.07 Å². The fourth-order valence-electron chi connectivity index (χ4n) is 1.26. The van der Waals surface area contributed by atoms with Gasteiger partial charge < -0.3 is 11.1 Å². The molecule has 12 heavy (non-hydrogen) atoms. The van der Waals surface area contributed by atoms with Crippen molar-refractivity contribution >= 4 is 11.4 Å². The zero-order valence-corrected chi connectivity index (χ0v) is 7.12. The molecule has 0 aromatic carbocycles. The largest absolute Gasteiger partial charge is 0.396 e. The maximum Gasteiger partial charge on any atom is 0.0736 e. The highest BCUT2D eigenvalue weighted by atomic mass is 15.0. The highest BCUT2D eigenvalue weighted by molar-refractivity contribution is 5.65. The van der Waals surface area contributed by atoms with Crippen LogP contribution in [0.15, 0.2) is 18.5 Å². The fraction of sp³-hybridized carbons (Fsp3) is 0.444. The van der Waals surface area contributed by atoms with E-state index in [-0.39, 0.29) is 0 Å². The Kier molecular flexibility index (Phi) is 1.64. The van der Waals surface area contributed by atoms with Crippen LogP contribution in [0.5, 0.6) is 0 Å². The van der Waals surface area contributed by atoms with Gasteiger partial charge in [-0.25, -0.2) is 0 Å². The van der Waals surface area contributed by atoms with Gasteiger partial charge in [-0.15, -0.1) is 0 Å². The molecule has 0 radical (unpaired) electrons. The maximum absolute atomic E-state index is 5.72. The average Bonchev–Trinajstić information content (AvgIpc) is 2.72. The molecule has 3 N–H and O–H groups in total. The fourth-order valence-corrected chi connectivity index (χ4v) is 1.26. The average molecular weight is 163 g/mol. The van der Waals surface area contributed by atoms with E-state index in [9.17, 15) is 0 Å². The molecule has 2 atom stereocenters. The zero-order valence-electron chi connectivity index (χ0n) is 7.12. The van der Waals surface area contributed by atoms with Crippen molar-refractivity contribution in [3.8, 4) is 0 Å². The molecule has 1 aliphatic rings. The molecule has 2 rings (SSSR count). The second kappa shape index (κ2) is 2.66. The molecule has 0 saturated heterocycles. The van der Waals surface area contributed by atoms with Crippen LogP contribution in [0.4, 0.5) is 11.4 Å². The zero-order chi connectivity index (χ0) is 8.55. The van der Waals surface area contributed by atoms with Crippen molar-refractivity contribution in [1.82, 2.24) is 4.98 Å². The Labute approximate surface area is 72.0 Å². The predicted octanol–water partition coefficient (Wildman–Crippen LogP) is 1.48. The summed E-state index contributed by atoms with van der Waals surface area (Å²) in [7, 11) is 0. The number of pyridine rings is 1. The minimum Gasteiger partial charge on any atom is -0.396 e. The minimum atomic E-state index is 0.620. The van der Waals surface area contributed by atoms with Crippen molar-refractivity contribution in [2.75, 3.05) is 11.1 Å². The number of nitrogen functional groups attached to an aromatic ring is 1. The molecule has 1 fully saturated rings. The first kappa shape index (κ1) is 7.40. The number of anilines is 2. The molecule has 0 bridgehead atoms. The van der Waals surface area contributed by atoms with E-state index in [2.05, 4.69) is 17.2 Å². The molecule has 1 aromatic rings. The van der Waals surface area contributed by atoms with E-state index in [1.165, 1.54) is 6.42 Å². The van der Waals surface area contributed by atoms with Crippen molar-refractivity contribution in [2.24, 2.45) is 5.92 Å². The van der Waals surface area contributed by atoms with Crippen LogP contribution in [0.25, 0.3) is 0 Å². The van der Waals surface area contributed by atoms with Crippen molar-refractivity contribution in [3.63, 3.8) is 0 Å². The molecule has 2 unspecified atom stereocenters. The van der Waals surface area contributed by atoms with Crippen LogP contribution in [0, 0.1) is 5.92 Å². The molecule has 64 valence electrons. The third-order valence-corrected chi connectivity index (χ3v) is 2.30. The molecular formula is C9H13N3. The molecular weight excluding hydrogens is 150 g/mol. The van der Waals surface area contributed by atoms with Crippen molar-refractivity contribution in [2.45, 2.75) is 19.4 Å². The number of nitrogens with zero attached hydrogens (tertiary/aromatic N) is 1. The number of rotatable bonds is 2. The van der Waals surface area contributed by atoms with Gasteiger partial charge in [0.15, 0.2) is 0 Å². The van der Waals surface area contributed by atoms with Crippen LogP contribution < -0.4 is 11.1 Å². The van der Waals surface area contributed by atoms with E-state index < -0.39 is 0 Å².